The van der Waals surface area contributed by atoms with E-state index in [1.54, 1.807) is 0 Å². The van der Waals surface area contributed by atoms with Crippen LogP contribution in [0.25, 0.3) is 0 Å². The number of aryl methyl sites for hydroxylation is 1. The van der Waals surface area contributed by atoms with Gasteiger partial charge >= 0.3 is 41.7 Å². The SMILES string of the molecule is CCCCCCCCc1cocc1C(F)(F)C(F)(F)C(F)(F)C(F)(F)C(F)(F)C(F)(F)C(F)(F)F. The van der Waals surface area contributed by atoms with Gasteiger partial charge in [0.2, 0.25) is 0 Å². The zero-order chi connectivity index (χ0) is 27.7. The molecule has 0 aliphatic carbocycles. The van der Waals surface area contributed by atoms with Crippen LogP contribution >= 0.6 is 0 Å². The van der Waals surface area contributed by atoms with Gasteiger partial charge in [-0.1, -0.05) is 39.0 Å². The van der Waals surface area contributed by atoms with E-state index in [0.29, 0.717) is 25.5 Å². The molecule has 0 bridgehead atoms. The number of halogens is 15. The molecule has 0 unspecified atom stereocenters. The molecule has 0 fully saturated rings. The molecule has 1 nitrogen and oxygen atoms in total. The highest BCUT2D eigenvalue weighted by atomic mass is 19.4. The molecule has 0 aliphatic rings. The molecular formula is C19H19F15O. The summed E-state index contributed by atoms with van der Waals surface area (Å²) in [5, 5.41) is 0. The quantitative estimate of drug-likeness (QED) is 0.177. The average molecular weight is 548 g/mol. The summed E-state index contributed by atoms with van der Waals surface area (Å²) in [5.41, 5.74) is -3.05. The van der Waals surface area contributed by atoms with Crippen LogP contribution in [0.1, 0.15) is 56.6 Å². The molecule has 1 heterocycles. The molecule has 0 aliphatic heterocycles. The van der Waals surface area contributed by atoms with Gasteiger partial charge in [-0.05, 0) is 18.4 Å². The van der Waals surface area contributed by atoms with Crippen LogP contribution in [-0.2, 0) is 12.3 Å². The van der Waals surface area contributed by atoms with Gasteiger partial charge in [-0.2, -0.15) is 65.9 Å². The Morgan fingerprint density at radius 2 is 0.971 bits per heavy atom. The molecular weight excluding hydrogens is 529 g/mol. The molecule has 0 radical (unpaired) electrons. The van der Waals surface area contributed by atoms with Crippen LogP contribution in [0.4, 0.5) is 65.9 Å². The number of rotatable bonds is 13. The largest absolute Gasteiger partial charge is 0.472 e. The van der Waals surface area contributed by atoms with Crippen LogP contribution in [-0.4, -0.2) is 35.8 Å². The molecule has 16 heteroatoms. The second-order valence-corrected chi connectivity index (χ2v) is 7.77. The van der Waals surface area contributed by atoms with Crippen LogP contribution in [0.3, 0.4) is 0 Å². The molecule has 0 amide bonds. The van der Waals surface area contributed by atoms with Gasteiger partial charge in [0.25, 0.3) is 0 Å². The normalized spacial score (nSPS) is 15.1. The zero-order valence-electron chi connectivity index (χ0n) is 17.7. The summed E-state index contributed by atoms with van der Waals surface area (Å²) in [6, 6.07) is 0. The van der Waals surface area contributed by atoms with Crippen molar-refractivity contribution in [2.24, 2.45) is 0 Å². The summed E-state index contributed by atoms with van der Waals surface area (Å²) in [7, 11) is 0. The van der Waals surface area contributed by atoms with E-state index in [4.69, 9.17) is 0 Å². The number of hydrogen-bond acceptors (Lipinski definition) is 1. The molecule has 0 atom stereocenters. The standard InChI is InChI=1S/C19H19F15O/c1-2-3-4-5-6-7-8-11-9-35-10-12(11)13(20,21)14(22,23)15(24,25)16(26,27)17(28,29)18(30,31)19(32,33)34/h9-10H,2-8H2,1H3. The van der Waals surface area contributed by atoms with Crippen LogP contribution in [0.15, 0.2) is 16.9 Å². The fourth-order valence-corrected chi connectivity index (χ4v) is 3.02. The number of furan rings is 1. The van der Waals surface area contributed by atoms with Crippen LogP contribution in [0, 0.1) is 0 Å². The molecule has 1 rings (SSSR count). The molecule has 0 saturated carbocycles. The molecule has 1 aromatic rings. The second kappa shape index (κ2) is 9.94. The maximum Gasteiger partial charge on any atom is 0.460 e. The van der Waals surface area contributed by atoms with Crippen molar-refractivity contribution in [2.75, 3.05) is 0 Å². The van der Waals surface area contributed by atoms with Crippen molar-refractivity contribution in [1.82, 2.24) is 0 Å². The third-order valence-corrected chi connectivity index (χ3v) is 5.21. The van der Waals surface area contributed by atoms with Gasteiger partial charge in [0.05, 0.1) is 18.1 Å². The highest BCUT2D eigenvalue weighted by Crippen LogP contribution is 2.63. The van der Waals surface area contributed by atoms with Crippen molar-refractivity contribution in [3.8, 4) is 0 Å². The third-order valence-electron chi connectivity index (χ3n) is 5.21. The fraction of sp³-hybridized carbons (Fsp3) is 0.789. The number of alkyl halides is 15. The van der Waals surface area contributed by atoms with Crippen molar-refractivity contribution >= 4 is 0 Å². The Morgan fingerprint density at radius 1 is 0.543 bits per heavy atom. The lowest BCUT2D eigenvalue weighted by molar-refractivity contribution is -0.453. The zero-order valence-corrected chi connectivity index (χ0v) is 17.7. The fourth-order valence-electron chi connectivity index (χ4n) is 3.02. The van der Waals surface area contributed by atoms with E-state index in [1.807, 2.05) is 6.92 Å². The van der Waals surface area contributed by atoms with Crippen molar-refractivity contribution in [3.05, 3.63) is 23.7 Å². The summed E-state index contributed by atoms with van der Waals surface area (Å²) in [5.74, 6) is -46.7. The van der Waals surface area contributed by atoms with E-state index in [-0.39, 0.29) is 12.7 Å². The molecule has 0 spiro atoms. The Hall–Kier alpha value is -1.77. The first kappa shape index (κ1) is 31.3. The smallest absolute Gasteiger partial charge is 0.460 e. The predicted octanol–water partition coefficient (Wildman–Crippen LogP) is 9.01. The van der Waals surface area contributed by atoms with Crippen molar-refractivity contribution in [2.45, 2.75) is 93.6 Å². The van der Waals surface area contributed by atoms with Crippen LogP contribution < -0.4 is 0 Å². The minimum atomic E-state index is -8.30. The van der Waals surface area contributed by atoms with Gasteiger partial charge < -0.3 is 4.42 Å². The maximum absolute atomic E-state index is 14.4. The Bertz CT molecular complexity index is 822. The first-order valence-electron chi connectivity index (χ1n) is 9.94. The highest BCUT2D eigenvalue weighted by molar-refractivity contribution is 5.30. The van der Waals surface area contributed by atoms with Crippen LogP contribution in [0.5, 0.6) is 0 Å². The van der Waals surface area contributed by atoms with Gasteiger partial charge in [0, 0.05) is 0 Å². The highest BCUT2D eigenvalue weighted by Gasteiger charge is 2.93. The predicted molar refractivity (Wildman–Crippen MR) is 90.5 cm³/mol. The van der Waals surface area contributed by atoms with Gasteiger partial charge in [-0.25, -0.2) is 0 Å². The van der Waals surface area contributed by atoms with E-state index in [1.165, 1.54) is 0 Å². The lowest BCUT2D eigenvalue weighted by Gasteiger charge is -2.41. The molecule has 0 saturated heterocycles. The number of hydrogen-bond donors (Lipinski definition) is 0. The molecule has 35 heavy (non-hydrogen) atoms. The van der Waals surface area contributed by atoms with E-state index >= 15 is 0 Å². The van der Waals surface area contributed by atoms with E-state index in [0.717, 1.165) is 12.8 Å². The Labute approximate surface area is 188 Å². The minimum absolute atomic E-state index is 0.000325. The van der Waals surface area contributed by atoms with Crippen molar-refractivity contribution in [1.29, 1.82) is 0 Å². The summed E-state index contributed by atoms with van der Waals surface area (Å²) in [4.78, 5) is 0. The average Bonchev–Trinajstić information content (AvgIpc) is 3.18. The van der Waals surface area contributed by atoms with E-state index in [9.17, 15) is 65.9 Å². The first-order valence-corrected chi connectivity index (χ1v) is 9.94. The lowest BCUT2D eigenvalue weighted by atomic mass is 9.88. The molecule has 206 valence electrons. The second-order valence-electron chi connectivity index (χ2n) is 7.77. The Balaban J connectivity index is 3.36. The summed E-state index contributed by atoms with van der Waals surface area (Å²) < 4.78 is 205. The molecule has 1 aromatic heterocycles. The van der Waals surface area contributed by atoms with Crippen molar-refractivity contribution in [3.63, 3.8) is 0 Å². The molecule has 0 aromatic carbocycles. The summed E-state index contributed by atoms with van der Waals surface area (Å²) in [6.45, 7) is 1.87. The Kier molecular flexibility index (Phi) is 8.88. The Morgan fingerprint density at radius 3 is 1.46 bits per heavy atom. The lowest BCUT2D eigenvalue weighted by Crippen LogP contribution is -2.72. The van der Waals surface area contributed by atoms with E-state index in [2.05, 4.69) is 4.42 Å². The summed E-state index contributed by atoms with van der Waals surface area (Å²) >= 11 is 0. The van der Waals surface area contributed by atoms with Gasteiger partial charge in [0.1, 0.15) is 0 Å². The van der Waals surface area contributed by atoms with Gasteiger partial charge in [0.15, 0.2) is 0 Å². The van der Waals surface area contributed by atoms with Crippen molar-refractivity contribution < 1.29 is 70.3 Å². The number of unbranched alkanes of at least 4 members (excludes halogenated alkanes) is 5. The van der Waals surface area contributed by atoms with Gasteiger partial charge in [-0.3, -0.25) is 0 Å². The third kappa shape index (κ3) is 5.07. The van der Waals surface area contributed by atoms with E-state index < -0.39 is 59.3 Å². The molecule has 0 N–H and O–H groups in total. The topological polar surface area (TPSA) is 13.1 Å². The maximum atomic E-state index is 14.4. The summed E-state index contributed by atoms with van der Waals surface area (Å²) in [6.07, 6.45) is -4.81. The first-order chi connectivity index (χ1) is 15.6. The van der Waals surface area contributed by atoms with Gasteiger partial charge in [-0.15, -0.1) is 0 Å². The minimum Gasteiger partial charge on any atom is -0.472 e. The monoisotopic (exact) mass is 548 g/mol. The van der Waals surface area contributed by atoms with Crippen LogP contribution in [0.2, 0.25) is 0 Å².